The summed E-state index contributed by atoms with van der Waals surface area (Å²) in [4.78, 5) is 29.9. The van der Waals surface area contributed by atoms with E-state index in [1.54, 1.807) is 12.1 Å². The van der Waals surface area contributed by atoms with E-state index in [4.69, 9.17) is 0 Å². The van der Waals surface area contributed by atoms with E-state index in [1.165, 1.54) is 0 Å². The number of fused-ring (bicyclic) bond motifs is 1. The van der Waals surface area contributed by atoms with Gasteiger partial charge in [-0.15, -0.1) is 0 Å². The SMILES string of the molecule is Cc1cc(C(=O)Nc2ccccc2CC(=O)Nc2ccccc2)c2c(C)n[nH]c2n1. The average molecular weight is 399 g/mol. The van der Waals surface area contributed by atoms with Crippen LogP contribution in [-0.2, 0) is 11.2 Å². The summed E-state index contributed by atoms with van der Waals surface area (Å²) < 4.78 is 0. The lowest BCUT2D eigenvalue weighted by molar-refractivity contribution is -0.115. The number of carbonyl (C=O) groups is 2. The number of H-pyrrole nitrogens is 1. The number of benzene rings is 2. The minimum atomic E-state index is -0.272. The van der Waals surface area contributed by atoms with Crippen molar-refractivity contribution in [2.45, 2.75) is 20.3 Å². The van der Waals surface area contributed by atoms with Gasteiger partial charge >= 0.3 is 0 Å². The molecule has 7 nitrogen and oxygen atoms in total. The fourth-order valence-corrected chi connectivity index (χ4v) is 3.38. The molecule has 0 saturated carbocycles. The number of nitrogens with one attached hydrogen (secondary N) is 3. The highest BCUT2D eigenvalue weighted by atomic mass is 16.2. The summed E-state index contributed by atoms with van der Waals surface area (Å²) >= 11 is 0. The largest absolute Gasteiger partial charge is 0.326 e. The van der Waals surface area contributed by atoms with Crippen molar-refractivity contribution in [3.63, 3.8) is 0 Å². The molecule has 2 aromatic carbocycles. The first-order chi connectivity index (χ1) is 14.5. The van der Waals surface area contributed by atoms with Crippen LogP contribution < -0.4 is 10.6 Å². The van der Waals surface area contributed by atoms with Crippen molar-refractivity contribution in [3.8, 4) is 0 Å². The van der Waals surface area contributed by atoms with E-state index in [1.807, 2.05) is 62.4 Å². The molecule has 4 aromatic rings. The van der Waals surface area contributed by atoms with E-state index in [2.05, 4.69) is 25.8 Å². The van der Waals surface area contributed by atoms with Crippen molar-refractivity contribution in [1.82, 2.24) is 15.2 Å². The fraction of sp³-hybridized carbons (Fsp3) is 0.130. The highest BCUT2D eigenvalue weighted by Gasteiger charge is 2.18. The second-order valence-electron chi connectivity index (χ2n) is 7.05. The van der Waals surface area contributed by atoms with Crippen molar-refractivity contribution in [3.05, 3.63) is 83.2 Å². The Labute approximate surface area is 173 Å². The van der Waals surface area contributed by atoms with Gasteiger partial charge in [0.25, 0.3) is 5.91 Å². The van der Waals surface area contributed by atoms with Crippen molar-refractivity contribution in [2.24, 2.45) is 0 Å². The third-order valence-electron chi connectivity index (χ3n) is 4.76. The molecule has 0 aliphatic rings. The number of hydrogen-bond donors (Lipinski definition) is 3. The van der Waals surface area contributed by atoms with Crippen LogP contribution in [0, 0.1) is 13.8 Å². The predicted molar refractivity (Wildman–Crippen MR) is 117 cm³/mol. The molecule has 0 atom stereocenters. The number of para-hydroxylation sites is 2. The molecule has 2 heterocycles. The standard InChI is InChI=1S/C23H21N5O2/c1-14-12-18(21-15(2)27-28-22(21)24-14)23(30)26-19-11-7-6-8-16(19)13-20(29)25-17-9-4-3-5-10-17/h3-12H,13H2,1-2H3,(H,25,29)(H,26,30)(H,24,27,28). The fourth-order valence-electron chi connectivity index (χ4n) is 3.38. The minimum Gasteiger partial charge on any atom is -0.326 e. The van der Waals surface area contributed by atoms with E-state index in [0.717, 1.165) is 11.3 Å². The number of anilines is 2. The summed E-state index contributed by atoms with van der Waals surface area (Å²) in [7, 11) is 0. The molecule has 0 aliphatic carbocycles. The third-order valence-corrected chi connectivity index (χ3v) is 4.76. The van der Waals surface area contributed by atoms with E-state index >= 15 is 0 Å². The summed E-state index contributed by atoms with van der Waals surface area (Å²) in [5.74, 6) is -0.429. The Kier molecular flexibility index (Phi) is 5.26. The van der Waals surface area contributed by atoms with Crippen LogP contribution in [0.1, 0.15) is 27.3 Å². The number of hydrogen-bond acceptors (Lipinski definition) is 4. The number of aromatic nitrogens is 3. The van der Waals surface area contributed by atoms with Crippen molar-refractivity contribution in [1.29, 1.82) is 0 Å². The first-order valence-electron chi connectivity index (χ1n) is 9.58. The topological polar surface area (TPSA) is 99.8 Å². The average Bonchev–Trinajstić information content (AvgIpc) is 3.10. The van der Waals surface area contributed by atoms with Gasteiger partial charge in [0.05, 0.1) is 23.1 Å². The van der Waals surface area contributed by atoms with Crippen LogP contribution in [0.5, 0.6) is 0 Å². The molecule has 0 radical (unpaired) electrons. The van der Waals surface area contributed by atoms with Gasteiger partial charge in [-0.3, -0.25) is 14.7 Å². The Bertz CT molecular complexity index is 1230. The first-order valence-corrected chi connectivity index (χ1v) is 9.58. The summed E-state index contributed by atoms with van der Waals surface area (Å²) in [5, 5.41) is 13.5. The monoisotopic (exact) mass is 399 g/mol. The number of aromatic amines is 1. The maximum absolute atomic E-state index is 13.1. The first kappa shape index (κ1) is 19.3. The lowest BCUT2D eigenvalue weighted by Gasteiger charge is -2.12. The molecule has 0 saturated heterocycles. The van der Waals surface area contributed by atoms with Gasteiger partial charge < -0.3 is 10.6 Å². The van der Waals surface area contributed by atoms with Gasteiger partial charge in [0.15, 0.2) is 5.65 Å². The molecule has 0 bridgehead atoms. The van der Waals surface area contributed by atoms with E-state index in [0.29, 0.717) is 33.7 Å². The molecule has 0 aliphatic heterocycles. The van der Waals surface area contributed by atoms with Gasteiger partial charge in [-0.25, -0.2) is 4.98 Å². The maximum Gasteiger partial charge on any atom is 0.256 e. The molecular weight excluding hydrogens is 378 g/mol. The maximum atomic E-state index is 13.1. The molecule has 150 valence electrons. The van der Waals surface area contributed by atoms with Crippen molar-refractivity contribution in [2.75, 3.05) is 10.6 Å². The molecule has 2 amide bonds. The zero-order chi connectivity index (χ0) is 21.1. The molecule has 0 unspecified atom stereocenters. The number of pyridine rings is 1. The van der Waals surface area contributed by atoms with Gasteiger partial charge in [0.1, 0.15) is 0 Å². The van der Waals surface area contributed by atoms with Crippen LogP contribution in [0.15, 0.2) is 60.7 Å². The minimum absolute atomic E-state index is 0.140. The normalized spacial score (nSPS) is 10.7. The summed E-state index contributed by atoms with van der Waals surface area (Å²) in [6, 6.07) is 18.3. The lowest BCUT2D eigenvalue weighted by Crippen LogP contribution is -2.18. The molecule has 2 aromatic heterocycles. The molecule has 0 fully saturated rings. The zero-order valence-electron chi connectivity index (χ0n) is 16.7. The Morgan fingerprint density at radius 1 is 0.967 bits per heavy atom. The second-order valence-corrected chi connectivity index (χ2v) is 7.05. The molecule has 4 rings (SSSR count). The number of rotatable bonds is 5. The van der Waals surface area contributed by atoms with Crippen LogP contribution in [0.25, 0.3) is 11.0 Å². The summed E-state index contributed by atoms with van der Waals surface area (Å²) in [5.41, 5.74) is 4.54. The van der Waals surface area contributed by atoms with Crippen LogP contribution >= 0.6 is 0 Å². The van der Waals surface area contributed by atoms with Crippen LogP contribution in [-0.4, -0.2) is 27.0 Å². The third kappa shape index (κ3) is 4.05. The summed E-state index contributed by atoms with van der Waals surface area (Å²) in [6.07, 6.45) is 0.140. The van der Waals surface area contributed by atoms with Crippen LogP contribution in [0.3, 0.4) is 0 Å². The Hall–Kier alpha value is -4.00. The Morgan fingerprint density at radius 3 is 2.50 bits per heavy atom. The van der Waals surface area contributed by atoms with Crippen LogP contribution in [0.2, 0.25) is 0 Å². The van der Waals surface area contributed by atoms with E-state index in [-0.39, 0.29) is 18.2 Å². The second kappa shape index (κ2) is 8.16. The number of nitrogens with zero attached hydrogens (tertiary/aromatic N) is 2. The van der Waals surface area contributed by atoms with E-state index in [9.17, 15) is 9.59 Å². The molecule has 7 heteroatoms. The number of amides is 2. The van der Waals surface area contributed by atoms with Crippen molar-refractivity contribution < 1.29 is 9.59 Å². The van der Waals surface area contributed by atoms with Gasteiger partial charge in [-0.1, -0.05) is 36.4 Å². The quantitative estimate of drug-likeness (QED) is 0.472. The Balaban J connectivity index is 1.57. The van der Waals surface area contributed by atoms with Crippen LogP contribution in [0.4, 0.5) is 11.4 Å². The number of aryl methyl sites for hydroxylation is 2. The van der Waals surface area contributed by atoms with Gasteiger partial charge in [0.2, 0.25) is 5.91 Å². The Morgan fingerprint density at radius 2 is 1.70 bits per heavy atom. The molecule has 3 N–H and O–H groups in total. The lowest BCUT2D eigenvalue weighted by atomic mass is 10.1. The highest BCUT2D eigenvalue weighted by molar-refractivity contribution is 6.13. The molecule has 0 spiro atoms. The van der Waals surface area contributed by atoms with Crippen molar-refractivity contribution >= 4 is 34.2 Å². The smallest absolute Gasteiger partial charge is 0.256 e. The molecule has 30 heavy (non-hydrogen) atoms. The highest BCUT2D eigenvalue weighted by Crippen LogP contribution is 2.23. The van der Waals surface area contributed by atoms with Gasteiger partial charge in [-0.2, -0.15) is 5.10 Å². The number of carbonyl (C=O) groups excluding carboxylic acids is 2. The zero-order valence-corrected chi connectivity index (χ0v) is 16.7. The summed E-state index contributed by atoms with van der Waals surface area (Å²) in [6.45, 7) is 3.66. The van der Waals surface area contributed by atoms with Gasteiger partial charge in [0, 0.05) is 17.1 Å². The van der Waals surface area contributed by atoms with E-state index < -0.39 is 0 Å². The predicted octanol–water partition coefficient (Wildman–Crippen LogP) is 4.01. The van der Waals surface area contributed by atoms with Gasteiger partial charge in [-0.05, 0) is 43.7 Å². The molecular formula is C23H21N5O2.